The second kappa shape index (κ2) is 8.56. The van der Waals surface area contributed by atoms with Gasteiger partial charge in [0.05, 0.1) is 0 Å². The van der Waals surface area contributed by atoms with Gasteiger partial charge in [-0.3, -0.25) is 9.78 Å². The van der Waals surface area contributed by atoms with E-state index in [9.17, 15) is 4.79 Å². The van der Waals surface area contributed by atoms with Crippen LogP contribution in [0.1, 0.15) is 30.6 Å². The molecule has 0 aliphatic carbocycles. The Hall–Kier alpha value is -2.67. The summed E-state index contributed by atoms with van der Waals surface area (Å²) in [5, 5.41) is 9.26. The lowest BCUT2D eigenvalue weighted by Crippen LogP contribution is -2.31. The summed E-state index contributed by atoms with van der Waals surface area (Å²) in [6, 6.07) is 13.8. The van der Waals surface area contributed by atoms with E-state index in [1.54, 1.807) is 12.4 Å². The van der Waals surface area contributed by atoms with Crippen molar-refractivity contribution in [1.82, 2.24) is 24.6 Å². The van der Waals surface area contributed by atoms with E-state index in [1.807, 2.05) is 47.4 Å². The molecule has 0 N–H and O–H groups in total. The second-order valence-corrected chi connectivity index (χ2v) is 7.80. The van der Waals surface area contributed by atoms with Crippen molar-refractivity contribution in [3.05, 3.63) is 60.4 Å². The van der Waals surface area contributed by atoms with Crippen LogP contribution in [-0.4, -0.2) is 43.6 Å². The molecule has 28 heavy (non-hydrogen) atoms. The molecular weight excluding hydrogens is 370 g/mol. The number of carbonyl (C=O) groups is 1. The molecule has 1 amide bonds. The monoisotopic (exact) mass is 393 g/mol. The largest absolute Gasteiger partial charge is 0.341 e. The van der Waals surface area contributed by atoms with Crippen molar-refractivity contribution < 1.29 is 4.79 Å². The molecule has 0 unspecified atom stereocenters. The predicted molar refractivity (Wildman–Crippen MR) is 110 cm³/mol. The van der Waals surface area contributed by atoms with Gasteiger partial charge in [0.25, 0.3) is 0 Å². The zero-order valence-electron chi connectivity index (χ0n) is 15.9. The first-order valence-corrected chi connectivity index (χ1v) is 10.5. The molecule has 1 aliphatic heterocycles. The molecule has 0 bridgehead atoms. The van der Waals surface area contributed by atoms with Crippen LogP contribution in [0.2, 0.25) is 0 Å². The number of hydrogen-bond donors (Lipinski definition) is 0. The van der Waals surface area contributed by atoms with Crippen LogP contribution < -0.4 is 0 Å². The fourth-order valence-corrected chi connectivity index (χ4v) is 4.66. The molecule has 1 aliphatic rings. The van der Waals surface area contributed by atoms with Crippen LogP contribution in [0.3, 0.4) is 0 Å². The Kier molecular flexibility index (Phi) is 5.71. The Balaban J connectivity index is 1.67. The Morgan fingerprint density at radius 2 is 1.79 bits per heavy atom. The highest BCUT2D eigenvalue weighted by atomic mass is 32.2. The molecule has 0 spiro atoms. The van der Waals surface area contributed by atoms with Gasteiger partial charge < -0.3 is 9.47 Å². The van der Waals surface area contributed by atoms with Gasteiger partial charge in [0.15, 0.2) is 11.0 Å². The molecule has 144 valence electrons. The molecular formula is C21H23N5OS. The maximum Gasteiger partial charge on any atom is 0.240 e. The number of likely N-dealkylation sites (tertiary alicyclic amines) is 1. The van der Waals surface area contributed by atoms with Crippen LogP contribution in [0.15, 0.2) is 60.0 Å². The minimum Gasteiger partial charge on any atom is -0.341 e. The Morgan fingerprint density at radius 3 is 2.46 bits per heavy atom. The zero-order valence-corrected chi connectivity index (χ0v) is 16.7. The molecule has 3 heterocycles. The second-order valence-electron chi connectivity index (χ2n) is 6.73. The third-order valence-corrected chi connectivity index (χ3v) is 6.16. The summed E-state index contributed by atoms with van der Waals surface area (Å²) in [5.74, 6) is 0.956. The molecule has 1 fully saturated rings. The maximum atomic E-state index is 13.3. The minimum absolute atomic E-state index is 0.157. The topological polar surface area (TPSA) is 63.9 Å². The van der Waals surface area contributed by atoms with Crippen molar-refractivity contribution in [2.45, 2.75) is 36.7 Å². The van der Waals surface area contributed by atoms with E-state index in [2.05, 4.69) is 26.7 Å². The van der Waals surface area contributed by atoms with Crippen LogP contribution in [-0.2, 0) is 11.3 Å². The highest BCUT2D eigenvalue weighted by molar-refractivity contribution is 8.00. The first-order chi connectivity index (χ1) is 13.8. The summed E-state index contributed by atoms with van der Waals surface area (Å²) < 4.78 is 2.06. The van der Waals surface area contributed by atoms with E-state index in [1.165, 1.54) is 11.8 Å². The van der Waals surface area contributed by atoms with Gasteiger partial charge in [-0.2, -0.15) is 0 Å². The van der Waals surface area contributed by atoms with E-state index in [0.717, 1.165) is 54.6 Å². The molecule has 1 saturated heterocycles. The quantitative estimate of drug-likeness (QED) is 0.596. The fourth-order valence-electron chi connectivity index (χ4n) is 3.47. The third kappa shape index (κ3) is 3.80. The van der Waals surface area contributed by atoms with Crippen LogP contribution in [0.25, 0.3) is 11.4 Å². The summed E-state index contributed by atoms with van der Waals surface area (Å²) in [6.07, 6.45) is 5.66. The SMILES string of the molecule is CCn1c(S[C@H](C(=O)N2CCCC2)c2ccccc2)nnc1-c1ccncc1. The molecule has 4 rings (SSSR count). The summed E-state index contributed by atoms with van der Waals surface area (Å²) in [6.45, 7) is 4.47. The van der Waals surface area contributed by atoms with Crippen molar-refractivity contribution in [2.24, 2.45) is 0 Å². The van der Waals surface area contributed by atoms with Crippen LogP contribution in [0.5, 0.6) is 0 Å². The van der Waals surface area contributed by atoms with Gasteiger partial charge >= 0.3 is 0 Å². The number of pyridine rings is 1. The Bertz CT molecular complexity index is 922. The summed E-state index contributed by atoms with van der Waals surface area (Å²) in [4.78, 5) is 19.3. The molecule has 7 heteroatoms. The summed E-state index contributed by atoms with van der Waals surface area (Å²) in [7, 11) is 0. The Labute approximate surface area is 169 Å². The Morgan fingerprint density at radius 1 is 1.07 bits per heavy atom. The standard InChI is InChI=1S/C21H23N5OS/c1-2-26-19(17-10-12-22-13-11-17)23-24-21(26)28-18(16-8-4-3-5-9-16)20(27)25-14-6-7-15-25/h3-5,8-13,18H,2,6-7,14-15H2,1H3/t18-/m0/s1. The van der Waals surface area contributed by atoms with Crippen molar-refractivity contribution in [3.63, 3.8) is 0 Å². The average molecular weight is 394 g/mol. The van der Waals surface area contributed by atoms with Crippen LogP contribution >= 0.6 is 11.8 Å². The number of rotatable bonds is 6. The number of nitrogens with zero attached hydrogens (tertiary/aromatic N) is 5. The van der Waals surface area contributed by atoms with E-state index >= 15 is 0 Å². The van der Waals surface area contributed by atoms with E-state index in [0.29, 0.717) is 0 Å². The molecule has 6 nitrogen and oxygen atoms in total. The van der Waals surface area contributed by atoms with E-state index in [-0.39, 0.29) is 11.2 Å². The van der Waals surface area contributed by atoms with Crippen molar-refractivity contribution in [3.8, 4) is 11.4 Å². The number of benzene rings is 1. The molecule has 1 aromatic carbocycles. The molecule has 1 atom stereocenters. The van der Waals surface area contributed by atoms with Gasteiger partial charge in [0.2, 0.25) is 5.91 Å². The lowest BCUT2D eigenvalue weighted by molar-refractivity contribution is -0.129. The van der Waals surface area contributed by atoms with Gasteiger partial charge in [0, 0.05) is 37.6 Å². The smallest absolute Gasteiger partial charge is 0.240 e. The fraction of sp³-hybridized carbons (Fsp3) is 0.333. The number of hydrogen-bond acceptors (Lipinski definition) is 5. The number of carbonyl (C=O) groups excluding carboxylic acids is 1. The summed E-state index contributed by atoms with van der Waals surface area (Å²) >= 11 is 1.49. The predicted octanol–water partition coefficient (Wildman–Crippen LogP) is 3.82. The van der Waals surface area contributed by atoms with Crippen LogP contribution in [0.4, 0.5) is 0 Å². The lowest BCUT2D eigenvalue weighted by atomic mass is 10.1. The molecule has 0 saturated carbocycles. The molecule has 2 aromatic heterocycles. The van der Waals surface area contributed by atoms with Crippen molar-refractivity contribution in [1.29, 1.82) is 0 Å². The first kappa shape index (κ1) is 18.7. The van der Waals surface area contributed by atoms with Gasteiger partial charge in [-0.05, 0) is 37.5 Å². The average Bonchev–Trinajstić information content (AvgIpc) is 3.42. The third-order valence-electron chi connectivity index (χ3n) is 4.94. The molecule has 3 aromatic rings. The highest BCUT2D eigenvalue weighted by Gasteiger charge is 2.30. The lowest BCUT2D eigenvalue weighted by Gasteiger charge is -2.23. The molecule has 0 radical (unpaired) electrons. The first-order valence-electron chi connectivity index (χ1n) is 9.62. The van der Waals surface area contributed by atoms with Gasteiger partial charge in [-0.1, -0.05) is 42.1 Å². The van der Waals surface area contributed by atoms with Gasteiger partial charge in [-0.15, -0.1) is 10.2 Å². The summed E-state index contributed by atoms with van der Waals surface area (Å²) in [5.41, 5.74) is 1.97. The normalized spacial score (nSPS) is 15.0. The van der Waals surface area contributed by atoms with Crippen molar-refractivity contribution >= 4 is 17.7 Å². The number of amides is 1. The number of aromatic nitrogens is 4. The number of thioether (sulfide) groups is 1. The van der Waals surface area contributed by atoms with Gasteiger partial charge in [0.1, 0.15) is 5.25 Å². The van der Waals surface area contributed by atoms with Crippen LogP contribution in [0, 0.1) is 0 Å². The van der Waals surface area contributed by atoms with E-state index < -0.39 is 0 Å². The van der Waals surface area contributed by atoms with E-state index in [4.69, 9.17) is 0 Å². The van der Waals surface area contributed by atoms with Crippen molar-refractivity contribution in [2.75, 3.05) is 13.1 Å². The van der Waals surface area contributed by atoms with Gasteiger partial charge in [-0.25, -0.2) is 0 Å². The maximum absolute atomic E-state index is 13.3. The zero-order chi connectivity index (χ0) is 19.3. The highest BCUT2D eigenvalue weighted by Crippen LogP contribution is 2.37. The minimum atomic E-state index is -0.320.